The van der Waals surface area contributed by atoms with Crippen molar-refractivity contribution in [2.45, 2.75) is 26.2 Å². The van der Waals surface area contributed by atoms with E-state index < -0.39 is 5.82 Å². The topological polar surface area (TPSA) is 71.5 Å². The number of para-hydroxylation sites is 1. The van der Waals surface area contributed by atoms with Crippen LogP contribution in [-0.2, 0) is 14.3 Å². The van der Waals surface area contributed by atoms with E-state index in [0.717, 1.165) is 18.9 Å². The molecule has 29 heavy (non-hydrogen) atoms. The molecule has 0 radical (unpaired) electrons. The van der Waals surface area contributed by atoms with E-state index in [1.807, 2.05) is 0 Å². The number of thiazole rings is 1. The maximum absolute atomic E-state index is 14.1. The highest BCUT2D eigenvalue weighted by molar-refractivity contribution is 7.14. The van der Waals surface area contributed by atoms with Crippen LogP contribution in [0.1, 0.15) is 31.9 Å². The predicted molar refractivity (Wildman–Crippen MR) is 112 cm³/mol. The summed E-state index contributed by atoms with van der Waals surface area (Å²) in [6.45, 7) is 3.36. The number of rotatable bonds is 10. The number of nitrogens with zero attached hydrogens (tertiary/aromatic N) is 2. The Bertz CT molecular complexity index is 880. The number of aromatic nitrogens is 1. The van der Waals surface area contributed by atoms with Crippen molar-refractivity contribution in [2.75, 3.05) is 24.7 Å². The molecule has 1 aromatic heterocycles. The quantitative estimate of drug-likeness (QED) is 0.470. The maximum Gasteiger partial charge on any atom is 0.244 e. The summed E-state index contributed by atoms with van der Waals surface area (Å²) in [5.74, 6) is -0.329. The summed E-state index contributed by atoms with van der Waals surface area (Å²) in [5, 5.41) is 4.85. The van der Waals surface area contributed by atoms with Crippen LogP contribution in [0.2, 0.25) is 0 Å². The zero-order valence-electron chi connectivity index (χ0n) is 16.3. The lowest BCUT2D eigenvalue weighted by atomic mass is 10.3. The van der Waals surface area contributed by atoms with Gasteiger partial charge in [-0.3, -0.25) is 14.5 Å². The van der Waals surface area contributed by atoms with Crippen molar-refractivity contribution in [2.24, 2.45) is 5.92 Å². The third-order valence-electron chi connectivity index (χ3n) is 4.33. The first-order valence-electron chi connectivity index (χ1n) is 9.59. The van der Waals surface area contributed by atoms with Gasteiger partial charge in [-0.1, -0.05) is 12.1 Å². The summed E-state index contributed by atoms with van der Waals surface area (Å²) < 4.78 is 19.6. The monoisotopic (exact) mass is 417 g/mol. The average molecular weight is 418 g/mol. The number of hydrogen-bond donors (Lipinski definition) is 1. The zero-order valence-corrected chi connectivity index (χ0v) is 17.1. The average Bonchev–Trinajstić information content (AvgIpc) is 3.41. The van der Waals surface area contributed by atoms with Crippen LogP contribution in [-0.4, -0.2) is 36.6 Å². The number of carbonyl (C=O) groups is 2. The Labute approximate surface area is 173 Å². The van der Waals surface area contributed by atoms with Gasteiger partial charge in [0.05, 0.1) is 11.4 Å². The number of benzene rings is 1. The van der Waals surface area contributed by atoms with Crippen LogP contribution in [0.15, 0.2) is 35.7 Å². The molecule has 1 aromatic carbocycles. The van der Waals surface area contributed by atoms with Crippen LogP contribution in [0.5, 0.6) is 0 Å². The molecule has 1 aliphatic carbocycles. The lowest BCUT2D eigenvalue weighted by Gasteiger charge is -2.18. The summed E-state index contributed by atoms with van der Waals surface area (Å²) >= 11 is 1.20. The van der Waals surface area contributed by atoms with Gasteiger partial charge < -0.3 is 10.1 Å². The number of amides is 2. The number of nitrogens with one attached hydrogen (secondary N) is 1. The second kappa shape index (κ2) is 10.3. The van der Waals surface area contributed by atoms with Gasteiger partial charge in [0.15, 0.2) is 5.13 Å². The van der Waals surface area contributed by atoms with Crippen LogP contribution in [0.3, 0.4) is 0 Å². The molecule has 1 fully saturated rings. The Hall–Kier alpha value is -2.58. The molecule has 6 nitrogen and oxygen atoms in total. The summed E-state index contributed by atoms with van der Waals surface area (Å²) in [6, 6.07) is 6.03. The highest BCUT2D eigenvalue weighted by Gasteiger charge is 2.21. The molecule has 2 aromatic rings. The molecule has 8 heteroatoms. The van der Waals surface area contributed by atoms with Crippen LogP contribution in [0.25, 0.3) is 6.08 Å². The number of halogens is 1. The van der Waals surface area contributed by atoms with Gasteiger partial charge in [-0.15, -0.1) is 11.3 Å². The predicted octanol–water partition coefficient (Wildman–Crippen LogP) is 3.91. The minimum Gasteiger partial charge on any atom is -0.381 e. The smallest absolute Gasteiger partial charge is 0.244 e. The highest BCUT2D eigenvalue weighted by Crippen LogP contribution is 2.31. The molecule has 0 spiro atoms. The van der Waals surface area contributed by atoms with Crippen LogP contribution < -0.4 is 10.2 Å². The van der Waals surface area contributed by atoms with Crippen molar-refractivity contribution in [3.8, 4) is 0 Å². The molecule has 0 unspecified atom stereocenters. The van der Waals surface area contributed by atoms with Crippen LogP contribution >= 0.6 is 11.3 Å². The highest BCUT2D eigenvalue weighted by atomic mass is 32.1. The Kier molecular flexibility index (Phi) is 7.48. The van der Waals surface area contributed by atoms with Crippen molar-refractivity contribution in [3.05, 3.63) is 47.2 Å². The third-order valence-corrected chi connectivity index (χ3v) is 5.17. The Morgan fingerprint density at radius 1 is 1.38 bits per heavy atom. The van der Waals surface area contributed by atoms with Gasteiger partial charge in [-0.05, 0) is 43.4 Å². The lowest BCUT2D eigenvalue weighted by Crippen LogP contribution is -2.23. The fourth-order valence-corrected chi connectivity index (χ4v) is 3.48. The number of ether oxygens (including phenoxy) is 1. The van der Waals surface area contributed by atoms with Crippen LogP contribution in [0.4, 0.5) is 15.2 Å². The van der Waals surface area contributed by atoms with Crippen molar-refractivity contribution >= 4 is 40.0 Å². The molecule has 1 aliphatic rings. The van der Waals surface area contributed by atoms with Gasteiger partial charge in [0, 0.05) is 38.1 Å². The molecule has 3 rings (SSSR count). The summed E-state index contributed by atoms with van der Waals surface area (Å²) in [5.41, 5.74) is 0.669. The molecule has 1 heterocycles. The molecule has 2 amide bonds. The van der Waals surface area contributed by atoms with Gasteiger partial charge in [-0.25, -0.2) is 9.37 Å². The zero-order chi connectivity index (χ0) is 20.6. The fraction of sp³-hybridized carbons (Fsp3) is 0.381. The van der Waals surface area contributed by atoms with E-state index in [0.29, 0.717) is 24.0 Å². The first-order valence-corrected chi connectivity index (χ1v) is 10.5. The molecule has 154 valence electrons. The van der Waals surface area contributed by atoms with Crippen LogP contribution in [0, 0.1) is 11.7 Å². The first kappa shape index (κ1) is 21.1. The molecule has 0 aliphatic heterocycles. The van der Waals surface area contributed by atoms with E-state index >= 15 is 0 Å². The minimum absolute atomic E-state index is 0.145. The summed E-state index contributed by atoms with van der Waals surface area (Å²) in [6.07, 6.45) is 6.27. The van der Waals surface area contributed by atoms with Gasteiger partial charge in [0.2, 0.25) is 11.8 Å². The summed E-state index contributed by atoms with van der Waals surface area (Å²) in [7, 11) is 0. The van der Waals surface area contributed by atoms with E-state index in [-0.39, 0.29) is 17.5 Å². The van der Waals surface area contributed by atoms with E-state index in [1.54, 1.807) is 23.6 Å². The normalized spacial score (nSPS) is 13.6. The largest absolute Gasteiger partial charge is 0.381 e. The Morgan fingerprint density at radius 2 is 2.17 bits per heavy atom. The molecule has 0 bridgehead atoms. The van der Waals surface area contributed by atoms with Gasteiger partial charge in [-0.2, -0.15) is 0 Å². The minimum atomic E-state index is -0.504. The van der Waals surface area contributed by atoms with E-state index in [9.17, 15) is 14.0 Å². The van der Waals surface area contributed by atoms with Crippen molar-refractivity contribution < 1.29 is 18.7 Å². The van der Waals surface area contributed by atoms with E-state index in [2.05, 4.69) is 10.3 Å². The maximum atomic E-state index is 14.1. The van der Waals surface area contributed by atoms with Gasteiger partial charge >= 0.3 is 0 Å². The lowest BCUT2D eigenvalue weighted by molar-refractivity contribution is -0.117. The number of anilines is 2. The fourth-order valence-electron chi connectivity index (χ4n) is 2.64. The second-order valence-corrected chi connectivity index (χ2v) is 7.69. The van der Waals surface area contributed by atoms with Crippen molar-refractivity contribution in [3.63, 3.8) is 0 Å². The first-order chi connectivity index (χ1) is 14.0. The summed E-state index contributed by atoms with van der Waals surface area (Å²) in [4.78, 5) is 29.5. The molecule has 1 N–H and O–H groups in total. The van der Waals surface area contributed by atoms with E-state index in [1.165, 1.54) is 54.2 Å². The van der Waals surface area contributed by atoms with E-state index in [4.69, 9.17) is 4.74 Å². The Balaban J connectivity index is 1.51. The van der Waals surface area contributed by atoms with Gasteiger partial charge in [0.25, 0.3) is 0 Å². The number of carbonyl (C=O) groups excluding carboxylic acids is 2. The Morgan fingerprint density at radius 3 is 2.90 bits per heavy atom. The third kappa shape index (κ3) is 6.47. The van der Waals surface area contributed by atoms with Gasteiger partial charge in [0.1, 0.15) is 5.82 Å². The standard InChI is InChI=1S/C21H24FN3O3S/c1-15(26)25(19-6-3-2-5-18(19)22)21-24-17(14-29-21)9-10-20(27)23-11-4-12-28-13-16-7-8-16/h2-3,5-6,9-10,14,16H,4,7-8,11-13H2,1H3,(H,23,27)/b10-9+. The molecule has 0 atom stereocenters. The molecule has 0 saturated heterocycles. The van der Waals surface area contributed by atoms with Crippen molar-refractivity contribution in [1.82, 2.24) is 10.3 Å². The SMILES string of the molecule is CC(=O)N(c1nc(/C=C/C(=O)NCCCOCC2CC2)cs1)c1ccccc1F. The van der Waals surface area contributed by atoms with Crippen molar-refractivity contribution in [1.29, 1.82) is 0 Å². The second-order valence-electron chi connectivity index (χ2n) is 6.86. The molecule has 1 saturated carbocycles. The molecular weight excluding hydrogens is 393 g/mol. The number of hydrogen-bond acceptors (Lipinski definition) is 5. The molecular formula is C21H24FN3O3S.